The summed E-state index contributed by atoms with van der Waals surface area (Å²) in [6, 6.07) is 7.34. The van der Waals surface area contributed by atoms with Gasteiger partial charge in [0.1, 0.15) is 0 Å². The van der Waals surface area contributed by atoms with E-state index < -0.39 is 18.5 Å². The maximum Gasteiger partial charge on any atom is 0.331 e. The summed E-state index contributed by atoms with van der Waals surface area (Å²) in [5.74, 6) is -1.39. The van der Waals surface area contributed by atoms with Gasteiger partial charge in [0.2, 0.25) is 5.91 Å². The van der Waals surface area contributed by atoms with E-state index in [1.165, 1.54) is 12.3 Å². The normalized spacial score (nSPS) is 14.1. The Hall–Kier alpha value is -3.27. The van der Waals surface area contributed by atoms with Crippen LogP contribution >= 0.6 is 11.8 Å². The Morgan fingerprint density at radius 1 is 1.25 bits per heavy atom. The number of carbonyl (C=O) groups excluding carboxylic acids is 4. The highest BCUT2D eigenvalue weighted by molar-refractivity contribution is 8.14. The monoisotopic (exact) mass is 400 g/mol. The van der Waals surface area contributed by atoms with Gasteiger partial charge in [-0.25, -0.2) is 9.78 Å². The molecule has 0 saturated carbocycles. The Labute approximate surface area is 164 Å². The standard InChI is InChI=1S/C18H16N4O5S/c23-15(19-7-8-22-16(24)11-28-18(22)26)10-27-17(25)6-5-12-9-20-13-3-1-2-4-14(13)21-12/h1-6,9H,7-8,10-11H2,(H,19,23). The van der Waals surface area contributed by atoms with E-state index in [-0.39, 0.29) is 30.0 Å². The van der Waals surface area contributed by atoms with E-state index in [2.05, 4.69) is 15.3 Å². The van der Waals surface area contributed by atoms with E-state index in [0.29, 0.717) is 11.2 Å². The predicted octanol–water partition coefficient (Wildman–Crippen LogP) is 0.998. The number of thioether (sulfide) groups is 1. The van der Waals surface area contributed by atoms with Crippen molar-refractivity contribution in [2.75, 3.05) is 25.4 Å². The Kier molecular flexibility index (Phi) is 6.33. The van der Waals surface area contributed by atoms with Crippen molar-refractivity contribution in [1.29, 1.82) is 0 Å². The molecule has 0 spiro atoms. The molecule has 3 amide bonds. The van der Waals surface area contributed by atoms with Gasteiger partial charge in [-0.2, -0.15) is 0 Å². The van der Waals surface area contributed by atoms with Crippen LogP contribution in [0.1, 0.15) is 5.69 Å². The molecule has 0 radical (unpaired) electrons. The highest BCUT2D eigenvalue weighted by Gasteiger charge is 2.29. The zero-order valence-corrected chi connectivity index (χ0v) is 15.5. The van der Waals surface area contributed by atoms with Crippen LogP contribution in [0.3, 0.4) is 0 Å². The average Bonchev–Trinajstić information content (AvgIpc) is 3.02. The number of aromatic nitrogens is 2. The van der Waals surface area contributed by atoms with Crippen LogP contribution in [0.4, 0.5) is 4.79 Å². The second kappa shape index (κ2) is 9.09. The van der Waals surface area contributed by atoms with Gasteiger partial charge >= 0.3 is 5.97 Å². The number of benzene rings is 1. The quantitative estimate of drug-likeness (QED) is 0.540. The topological polar surface area (TPSA) is 119 Å². The first-order valence-electron chi connectivity index (χ1n) is 8.33. The molecular weight excluding hydrogens is 384 g/mol. The maximum atomic E-state index is 11.7. The molecule has 0 aliphatic carbocycles. The number of amides is 3. The van der Waals surface area contributed by atoms with Crippen LogP contribution in [-0.4, -0.2) is 63.3 Å². The summed E-state index contributed by atoms with van der Waals surface area (Å²) in [6.45, 7) is -0.287. The van der Waals surface area contributed by atoms with Crippen molar-refractivity contribution < 1.29 is 23.9 Å². The Bertz CT molecular complexity index is 946. The number of nitrogens with one attached hydrogen (secondary N) is 1. The summed E-state index contributed by atoms with van der Waals surface area (Å²) < 4.78 is 4.84. The molecule has 10 heteroatoms. The minimum absolute atomic E-state index is 0.0882. The van der Waals surface area contributed by atoms with Gasteiger partial charge in [0.15, 0.2) is 6.61 Å². The molecule has 1 aliphatic rings. The number of para-hydroxylation sites is 2. The molecule has 1 aromatic carbocycles. The van der Waals surface area contributed by atoms with Crippen LogP contribution < -0.4 is 5.32 Å². The van der Waals surface area contributed by atoms with Gasteiger partial charge in [-0.05, 0) is 18.2 Å². The summed E-state index contributed by atoms with van der Waals surface area (Å²) >= 11 is 0.929. The van der Waals surface area contributed by atoms with Gasteiger partial charge in [0.25, 0.3) is 11.1 Å². The summed E-state index contributed by atoms with van der Waals surface area (Å²) in [4.78, 5) is 55.9. The molecule has 1 N–H and O–H groups in total. The number of carbonyl (C=O) groups is 4. The zero-order valence-electron chi connectivity index (χ0n) is 14.7. The lowest BCUT2D eigenvalue weighted by Crippen LogP contribution is -2.38. The minimum Gasteiger partial charge on any atom is -0.452 e. The third-order valence-electron chi connectivity index (χ3n) is 3.70. The SMILES string of the molecule is O=C(COC(=O)C=Cc1cnc2ccccc2n1)NCCN1C(=O)CSC1=O. The molecule has 2 heterocycles. The summed E-state index contributed by atoms with van der Waals surface area (Å²) in [6.07, 6.45) is 4.13. The molecule has 0 bridgehead atoms. The van der Waals surface area contributed by atoms with Gasteiger partial charge in [-0.15, -0.1) is 0 Å². The van der Waals surface area contributed by atoms with E-state index in [1.807, 2.05) is 24.3 Å². The lowest BCUT2D eigenvalue weighted by molar-refractivity contribution is -0.143. The number of esters is 1. The van der Waals surface area contributed by atoms with Crippen LogP contribution in [-0.2, 0) is 19.1 Å². The molecule has 3 rings (SSSR count). The second-order valence-corrected chi connectivity index (χ2v) is 6.60. The fourth-order valence-electron chi connectivity index (χ4n) is 2.35. The van der Waals surface area contributed by atoms with E-state index in [4.69, 9.17) is 4.74 Å². The highest BCUT2D eigenvalue weighted by atomic mass is 32.2. The van der Waals surface area contributed by atoms with Crippen molar-refractivity contribution in [2.45, 2.75) is 0 Å². The van der Waals surface area contributed by atoms with Crippen LogP contribution in [0.15, 0.2) is 36.5 Å². The number of nitrogens with zero attached hydrogens (tertiary/aromatic N) is 3. The van der Waals surface area contributed by atoms with Gasteiger partial charge in [-0.3, -0.25) is 24.3 Å². The van der Waals surface area contributed by atoms with Gasteiger partial charge in [0, 0.05) is 19.2 Å². The van der Waals surface area contributed by atoms with Gasteiger partial charge in [-0.1, -0.05) is 23.9 Å². The summed E-state index contributed by atoms with van der Waals surface area (Å²) in [5.41, 5.74) is 1.93. The molecule has 1 aromatic heterocycles. The van der Waals surface area contributed by atoms with Crippen LogP contribution in [0.2, 0.25) is 0 Å². The Morgan fingerprint density at radius 3 is 2.79 bits per heavy atom. The van der Waals surface area contributed by atoms with Crippen LogP contribution in [0, 0.1) is 0 Å². The molecule has 0 unspecified atom stereocenters. The molecule has 9 nitrogen and oxygen atoms in total. The number of fused-ring (bicyclic) bond motifs is 1. The van der Waals surface area contributed by atoms with Crippen molar-refractivity contribution in [3.8, 4) is 0 Å². The first-order chi connectivity index (χ1) is 13.5. The number of imide groups is 1. The third kappa shape index (κ3) is 5.13. The lowest BCUT2D eigenvalue weighted by atomic mass is 10.3. The molecule has 28 heavy (non-hydrogen) atoms. The number of hydrogen-bond donors (Lipinski definition) is 1. The average molecular weight is 400 g/mol. The summed E-state index contributed by atoms with van der Waals surface area (Å²) in [7, 11) is 0. The molecule has 1 aliphatic heterocycles. The van der Waals surface area contributed by atoms with Crippen molar-refractivity contribution in [3.05, 3.63) is 42.2 Å². The van der Waals surface area contributed by atoms with E-state index in [9.17, 15) is 19.2 Å². The van der Waals surface area contributed by atoms with E-state index >= 15 is 0 Å². The Morgan fingerprint density at radius 2 is 2.04 bits per heavy atom. The fourth-order valence-corrected chi connectivity index (χ4v) is 3.10. The zero-order chi connectivity index (χ0) is 19.9. The third-order valence-corrected chi connectivity index (χ3v) is 4.56. The molecule has 1 fully saturated rings. The molecule has 2 aromatic rings. The molecule has 144 valence electrons. The molecular formula is C18H16N4O5S. The number of rotatable bonds is 7. The largest absolute Gasteiger partial charge is 0.452 e. The smallest absolute Gasteiger partial charge is 0.331 e. The first-order valence-corrected chi connectivity index (χ1v) is 9.32. The number of hydrogen-bond acceptors (Lipinski definition) is 8. The summed E-state index contributed by atoms with van der Waals surface area (Å²) in [5, 5.41) is 2.16. The molecule has 0 atom stereocenters. The van der Waals surface area contributed by atoms with Crippen molar-refractivity contribution in [1.82, 2.24) is 20.2 Å². The predicted molar refractivity (Wildman–Crippen MR) is 102 cm³/mol. The van der Waals surface area contributed by atoms with Gasteiger partial charge < -0.3 is 10.1 Å². The van der Waals surface area contributed by atoms with Crippen molar-refractivity contribution in [2.24, 2.45) is 0 Å². The van der Waals surface area contributed by atoms with Crippen molar-refractivity contribution in [3.63, 3.8) is 0 Å². The van der Waals surface area contributed by atoms with Crippen LogP contribution in [0.5, 0.6) is 0 Å². The Balaban J connectivity index is 1.40. The van der Waals surface area contributed by atoms with Gasteiger partial charge in [0.05, 0.1) is 28.7 Å². The fraction of sp³-hybridized carbons (Fsp3) is 0.222. The molecule has 1 saturated heterocycles. The second-order valence-electron chi connectivity index (χ2n) is 5.67. The number of ether oxygens (including phenoxy) is 1. The minimum atomic E-state index is -0.702. The first kappa shape index (κ1) is 19.5. The lowest BCUT2D eigenvalue weighted by Gasteiger charge is -2.12. The van der Waals surface area contributed by atoms with Crippen LogP contribution in [0.25, 0.3) is 17.1 Å². The maximum absolute atomic E-state index is 11.7. The van der Waals surface area contributed by atoms with E-state index in [1.54, 1.807) is 0 Å². The van der Waals surface area contributed by atoms with Crippen molar-refractivity contribution >= 4 is 51.9 Å². The highest BCUT2D eigenvalue weighted by Crippen LogP contribution is 2.17. The van der Waals surface area contributed by atoms with E-state index in [0.717, 1.165) is 28.3 Å².